The first-order valence-corrected chi connectivity index (χ1v) is 13.6. The summed E-state index contributed by atoms with van der Waals surface area (Å²) in [7, 11) is 1.00. The number of allylic oxidation sites excluding steroid dienone is 5. The molecular weight excluding hydrogens is 510 g/mol. The van der Waals surface area contributed by atoms with Crippen molar-refractivity contribution < 1.29 is 33.0 Å². The fourth-order valence-corrected chi connectivity index (χ4v) is 8.08. The van der Waals surface area contributed by atoms with Crippen LogP contribution in [0.2, 0.25) is 0 Å². The lowest BCUT2D eigenvalue weighted by Crippen LogP contribution is -2.68. The van der Waals surface area contributed by atoms with E-state index >= 15 is 8.78 Å². The number of carbonyl (C=O) groups is 2. The van der Waals surface area contributed by atoms with Crippen LogP contribution in [0.25, 0.3) is 0 Å². The number of aliphatic hydroxyl groups excluding tert-OH is 2. The number of halogens is 2. The molecule has 0 aliphatic heterocycles. The number of hydrogen-bond donors (Lipinski definition) is 3. The summed E-state index contributed by atoms with van der Waals surface area (Å²) < 4.78 is 36.7. The van der Waals surface area contributed by atoms with Gasteiger partial charge in [-0.1, -0.05) is 52.5 Å². The third-order valence-electron chi connectivity index (χ3n) is 8.99. The molecule has 0 amide bonds. The zero-order chi connectivity index (χ0) is 29.1. The van der Waals surface area contributed by atoms with Gasteiger partial charge in [0.2, 0.25) is 0 Å². The summed E-state index contributed by atoms with van der Waals surface area (Å²) in [5.41, 5.74) is -2.69. The molecule has 1 heterocycles. The topological polar surface area (TPSA) is 87.7 Å². The number of aldehydes is 1. The summed E-state index contributed by atoms with van der Waals surface area (Å²) in [4.78, 5) is 22.0. The zero-order valence-corrected chi connectivity index (χ0v) is 24.1. The fourth-order valence-electron chi connectivity index (χ4n) is 7.53. The zero-order valence-electron chi connectivity index (χ0n) is 23.2. The highest BCUT2D eigenvalue weighted by Gasteiger charge is 2.72. The summed E-state index contributed by atoms with van der Waals surface area (Å²) in [6.45, 7) is 13.5. The molecule has 0 radical (unpaired) electrons. The van der Waals surface area contributed by atoms with Crippen molar-refractivity contribution in [2.24, 2.45) is 34.5 Å². The molecule has 5 rings (SSSR count). The highest BCUT2D eigenvalue weighted by Crippen LogP contribution is 2.70. The SMILES string of the molecule is C=C1C=CC2(C)C(=C1)[C@@H](F)CC1C3C[C@@H](C)C(C(=O)S)C3(C)CC(O)[C@@]12F.CC.CO.O=Cc1ccco1. The third-order valence-corrected chi connectivity index (χ3v) is 9.26. The Balaban J connectivity index is 0.000000391. The molecule has 3 saturated carbocycles. The second-order valence-corrected chi connectivity index (χ2v) is 11.2. The number of carbonyl (C=O) groups excluding carboxylic acids is 2. The van der Waals surface area contributed by atoms with Crippen LogP contribution in [0.1, 0.15) is 64.4 Å². The molecule has 212 valence electrons. The Morgan fingerprint density at radius 2 is 1.87 bits per heavy atom. The van der Waals surface area contributed by atoms with Crippen LogP contribution in [0.15, 0.2) is 58.8 Å². The van der Waals surface area contributed by atoms with Gasteiger partial charge in [0.15, 0.2) is 22.8 Å². The third kappa shape index (κ3) is 5.11. The van der Waals surface area contributed by atoms with E-state index in [1.807, 2.05) is 27.7 Å². The van der Waals surface area contributed by atoms with E-state index in [4.69, 9.17) is 5.11 Å². The minimum Gasteiger partial charge on any atom is -0.462 e. The van der Waals surface area contributed by atoms with E-state index in [-0.39, 0.29) is 35.7 Å². The Morgan fingerprint density at radius 3 is 2.37 bits per heavy atom. The van der Waals surface area contributed by atoms with Gasteiger partial charge >= 0.3 is 0 Å². The Labute approximate surface area is 230 Å². The first-order chi connectivity index (χ1) is 17.9. The monoisotopic (exact) mass is 552 g/mol. The normalized spacial score (nSPS) is 40.3. The lowest BCUT2D eigenvalue weighted by Gasteiger charge is -2.62. The number of alkyl halides is 2. The maximum atomic E-state index is 16.9. The second-order valence-electron chi connectivity index (χ2n) is 10.8. The smallest absolute Gasteiger partial charge is 0.189 e. The van der Waals surface area contributed by atoms with Crippen molar-refractivity contribution in [3.63, 3.8) is 0 Å². The van der Waals surface area contributed by atoms with Crippen molar-refractivity contribution >= 4 is 24.0 Å². The van der Waals surface area contributed by atoms with Gasteiger partial charge < -0.3 is 14.6 Å². The van der Waals surface area contributed by atoms with Gasteiger partial charge in [0.05, 0.1) is 12.4 Å². The Bertz CT molecular complexity index is 1050. The van der Waals surface area contributed by atoms with Crippen molar-refractivity contribution in [2.45, 2.75) is 71.8 Å². The van der Waals surface area contributed by atoms with Gasteiger partial charge in [-0.15, -0.1) is 12.6 Å². The Morgan fingerprint density at radius 1 is 1.24 bits per heavy atom. The Kier molecular flexibility index (Phi) is 10.5. The molecule has 0 aromatic carbocycles. The number of fused-ring (bicyclic) bond motifs is 5. The number of furan rings is 1. The van der Waals surface area contributed by atoms with Gasteiger partial charge in [0, 0.05) is 24.4 Å². The van der Waals surface area contributed by atoms with Crippen molar-refractivity contribution in [3.8, 4) is 0 Å². The number of thiol groups is 1. The van der Waals surface area contributed by atoms with E-state index in [2.05, 4.69) is 23.6 Å². The molecule has 2 N–H and O–H groups in total. The lowest BCUT2D eigenvalue weighted by atomic mass is 9.45. The average molecular weight is 553 g/mol. The molecule has 3 fully saturated rings. The van der Waals surface area contributed by atoms with E-state index in [0.29, 0.717) is 29.6 Å². The summed E-state index contributed by atoms with van der Waals surface area (Å²) in [5, 5.41) is 17.9. The molecule has 6 unspecified atom stereocenters. The summed E-state index contributed by atoms with van der Waals surface area (Å²) in [5.74, 6) is -0.713. The Hall–Kier alpha value is -2.03. The molecule has 1 aromatic rings. The minimum absolute atomic E-state index is 0.0383. The van der Waals surface area contributed by atoms with E-state index < -0.39 is 34.7 Å². The molecule has 0 saturated heterocycles. The van der Waals surface area contributed by atoms with Crippen LogP contribution in [0, 0.1) is 34.5 Å². The standard InChI is InChI=1S/C22H28F2O2S.C5H4O2.C2H6.CH4O/c1-11-5-6-21(4)15(7-11)16(23)9-14-13-8-12(2)18(19(26)27)20(13,3)10-17(25)22(14,21)24;6-4-5-2-1-3-7-5;2*1-2/h5-7,12-14,16-18,25H,1,8-10H2,2-4H3,(H,26,27);1-4H;1-2H3;2H,1H3/t12-,13?,14?,16+,17?,18?,20?,21?,22+;;;/m1.../s1. The van der Waals surface area contributed by atoms with Crippen LogP contribution in [-0.2, 0) is 4.79 Å². The maximum absolute atomic E-state index is 16.9. The van der Waals surface area contributed by atoms with Gasteiger partial charge in [-0.25, -0.2) is 8.78 Å². The van der Waals surface area contributed by atoms with Crippen LogP contribution in [0.5, 0.6) is 0 Å². The molecule has 0 spiro atoms. The molecular formula is C30H42F2O5S. The van der Waals surface area contributed by atoms with Crippen LogP contribution in [0.3, 0.4) is 0 Å². The molecule has 38 heavy (non-hydrogen) atoms. The molecule has 4 aliphatic rings. The molecule has 5 nitrogen and oxygen atoms in total. The predicted molar refractivity (Wildman–Crippen MR) is 148 cm³/mol. The lowest BCUT2D eigenvalue weighted by molar-refractivity contribution is -0.200. The predicted octanol–water partition coefficient (Wildman–Crippen LogP) is 6.34. The van der Waals surface area contributed by atoms with Crippen LogP contribution >= 0.6 is 12.6 Å². The van der Waals surface area contributed by atoms with Gasteiger partial charge in [0.1, 0.15) is 6.17 Å². The second kappa shape index (κ2) is 12.4. The average Bonchev–Trinajstić information content (AvgIpc) is 3.50. The van der Waals surface area contributed by atoms with Gasteiger partial charge in [0.25, 0.3) is 0 Å². The number of rotatable bonds is 2. The summed E-state index contributed by atoms with van der Waals surface area (Å²) in [6.07, 6.45) is 5.53. The quantitative estimate of drug-likeness (QED) is 0.295. The largest absolute Gasteiger partial charge is 0.462 e. The highest BCUT2D eigenvalue weighted by molar-refractivity contribution is 7.96. The van der Waals surface area contributed by atoms with Gasteiger partial charge in [-0.2, -0.15) is 0 Å². The first-order valence-electron chi connectivity index (χ1n) is 13.2. The molecule has 4 aliphatic carbocycles. The van der Waals surface area contributed by atoms with Gasteiger partial charge in [-0.05, 0) is 66.7 Å². The van der Waals surface area contributed by atoms with Crippen molar-refractivity contribution in [1.29, 1.82) is 0 Å². The van der Waals surface area contributed by atoms with Gasteiger partial charge in [-0.3, -0.25) is 9.59 Å². The molecule has 0 bridgehead atoms. The maximum Gasteiger partial charge on any atom is 0.189 e. The first kappa shape index (κ1) is 32.2. The molecule has 1 aromatic heterocycles. The highest BCUT2D eigenvalue weighted by atomic mass is 32.1. The van der Waals surface area contributed by atoms with Crippen LogP contribution in [0.4, 0.5) is 8.78 Å². The molecule has 9 atom stereocenters. The van der Waals surface area contributed by atoms with Crippen molar-refractivity contribution in [2.75, 3.05) is 7.11 Å². The van der Waals surface area contributed by atoms with Crippen LogP contribution < -0.4 is 0 Å². The summed E-state index contributed by atoms with van der Waals surface area (Å²) in [6, 6.07) is 3.27. The van der Waals surface area contributed by atoms with Crippen LogP contribution in [-0.4, -0.2) is 46.7 Å². The van der Waals surface area contributed by atoms with Crippen molar-refractivity contribution in [1.82, 2.24) is 0 Å². The summed E-state index contributed by atoms with van der Waals surface area (Å²) >= 11 is 4.09. The number of hydrogen-bond acceptors (Lipinski definition) is 5. The molecule has 8 heteroatoms. The van der Waals surface area contributed by atoms with Crippen molar-refractivity contribution in [3.05, 3.63) is 60.1 Å². The fraction of sp³-hybridized carbons (Fsp3) is 0.600. The van der Waals surface area contributed by atoms with E-state index in [1.54, 1.807) is 37.3 Å². The van der Waals surface area contributed by atoms with E-state index in [1.165, 1.54) is 6.26 Å². The van der Waals surface area contributed by atoms with E-state index in [0.717, 1.165) is 7.11 Å². The minimum atomic E-state index is -1.96. The number of aliphatic hydroxyl groups is 2. The van der Waals surface area contributed by atoms with E-state index in [9.17, 15) is 14.7 Å².